The minimum atomic E-state index is -2.60. The van der Waals surface area contributed by atoms with Gasteiger partial charge in [-0.25, -0.2) is 18.1 Å². The van der Waals surface area contributed by atoms with Crippen molar-refractivity contribution in [2.24, 2.45) is 11.7 Å². The van der Waals surface area contributed by atoms with Crippen LogP contribution in [0.25, 0.3) is 0 Å². The molecule has 20 heavy (non-hydrogen) atoms. The maximum Gasteiger partial charge on any atom is 0.327 e. The van der Waals surface area contributed by atoms with Crippen LogP contribution in [0.2, 0.25) is 0 Å². The molecule has 2 rings (SSSR count). The van der Waals surface area contributed by atoms with Crippen LogP contribution in [-0.4, -0.2) is 28.6 Å². The van der Waals surface area contributed by atoms with Gasteiger partial charge in [-0.05, 0) is 32.6 Å². The summed E-state index contributed by atoms with van der Waals surface area (Å²) in [6, 6.07) is -0.612. The van der Waals surface area contributed by atoms with Gasteiger partial charge in [0.1, 0.15) is 0 Å². The van der Waals surface area contributed by atoms with Crippen LogP contribution in [0.5, 0.6) is 6.01 Å². The number of alkyl halides is 2. The van der Waals surface area contributed by atoms with E-state index in [0.29, 0.717) is 37.1 Å². The van der Waals surface area contributed by atoms with Gasteiger partial charge in [0.15, 0.2) is 0 Å². The summed E-state index contributed by atoms with van der Waals surface area (Å²) in [4.78, 5) is 15.5. The summed E-state index contributed by atoms with van der Waals surface area (Å²) in [5, 5.41) is 0. The Balaban J connectivity index is 2.17. The van der Waals surface area contributed by atoms with Gasteiger partial charge in [-0.15, -0.1) is 0 Å². The highest BCUT2D eigenvalue weighted by Crippen LogP contribution is 2.42. The Hall–Kier alpha value is -1.66. The van der Waals surface area contributed by atoms with Crippen LogP contribution in [0, 0.1) is 12.8 Å². The molecule has 1 aliphatic rings. The number of carbonyl (C=O) groups is 1. The average Bonchev–Trinajstić information content (AvgIpc) is 2.86. The maximum absolute atomic E-state index is 13.6. The molecule has 0 saturated heterocycles. The lowest BCUT2D eigenvalue weighted by molar-refractivity contribution is -0.0393. The first kappa shape index (κ1) is 14.7. The quantitative estimate of drug-likeness (QED) is 0.925. The molecule has 1 aliphatic carbocycles. The molecule has 0 aliphatic heterocycles. The molecule has 2 N–H and O–H groups in total. The molecule has 1 heterocycles. The highest BCUT2D eigenvalue weighted by Gasteiger charge is 2.43. The van der Waals surface area contributed by atoms with Gasteiger partial charge < -0.3 is 10.5 Å². The number of hydrogen-bond acceptors (Lipinski definition) is 3. The van der Waals surface area contributed by atoms with E-state index < -0.39 is 17.9 Å². The number of amides is 1. The summed E-state index contributed by atoms with van der Waals surface area (Å²) >= 11 is 0. The molecule has 0 radical (unpaired) electrons. The Morgan fingerprint density at radius 3 is 2.80 bits per heavy atom. The lowest BCUT2D eigenvalue weighted by atomic mass is 9.97. The molecule has 1 aromatic rings. The van der Waals surface area contributed by atoms with E-state index >= 15 is 0 Å². The van der Waals surface area contributed by atoms with Crippen molar-refractivity contribution in [1.29, 1.82) is 0 Å². The summed E-state index contributed by atoms with van der Waals surface area (Å²) in [6.07, 6.45) is 1.68. The zero-order valence-electron chi connectivity index (χ0n) is 11.7. The number of halogens is 2. The van der Waals surface area contributed by atoms with Gasteiger partial charge in [-0.1, -0.05) is 0 Å². The van der Waals surface area contributed by atoms with Crippen molar-refractivity contribution in [2.75, 3.05) is 7.11 Å². The monoisotopic (exact) mass is 287 g/mol. The highest BCUT2D eigenvalue weighted by molar-refractivity contribution is 5.77. The van der Waals surface area contributed by atoms with Crippen LogP contribution in [0.1, 0.15) is 37.1 Å². The molecule has 112 valence electrons. The smallest absolute Gasteiger partial charge is 0.327 e. The van der Waals surface area contributed by atoms with E-state index in [9.17, 15) is 13.6 Å². The van der Waals surface area contributed by atoms with Crippen molar-refractivity contribution in [3.05, 3.63) is 11.4 Å². The molecule has 0 bridgehead atoms. The molecule has 1 atom stereocenters. The Morgan fingerprint density at radius 1 is 1.60 bits per heavy atom. The normalized spacial score (nSPS) is 21.1. The van der Waals surface area contributed by atoms with Crippen LogP contribution in [0.15, 0.2) is 0 Å². The second-order valence-electron chi connectivity index (χ2n) is 5.19. The van der Waals surface area contributed by atoms with Gasteiger partial charge in [0.05, 0.1) is 18.5 Å². The number of primary amides is 1. The van der Waals surface area contributed by atoms with Crippen molar-refractivity contribution in [3.63, 3.8) is 0 Å². The lowest BCUT2D eigenvalue weighted by Gasteiger charge is -2.19. The zero-order valence-corrected chi connectivity index (χ0v) is 11.7. The molecule has 1 aromatic heterocycles. The van der Waals surface area contributed by atoms with Crippen LogP contribution in [0.3, 0.4) is 0 Å². The lowest BCUT2D eigenvalue weighted by Crippen LogP contribution is -2.25. The minimum absolute atomic E-state index is 0.0466. The number of aromatic nitrogens is 2. The number of methoxy groups -OCH3 is 1. The number of nitrogens with two attached hydrogens (primary N) is 1. The minimum Gasteiger partial charge on any atom is -0.468 e. The van der Waals surface area contributed by atoms with E-state index in [0.717, 1.165) is 4.57 Å². The number of carbonyl (C=O) groups excluding carboxylic acids is 1. The SMILES string of the molecule is COc1nc(C)c(CCC2CCCC2(F)F)n1C(N)=O. The van der Waals surface area contributed by atoms with E-state index in [2.05, 4.69) is 4.98 Å². The van der Waals surface area contributed by atoms with Crippen molar-refractivity contribution in [3.8, 4) is 6.01 Å². The fraction of sp³-hybridized carbons (Fsp3) is 0.692. The molecular weight excluding hydrogens is 268 g/mol. The second-order valence-corrected chi connectivity index (χ2v) is 5.19. The number of imidazole rings is 1. The topological polar surface area (TPSA) is 70.1 Å². The summed E-state index contributed by atoms with van der Waals surface area (Å²) in [6.45, 7) is 1.71. The Kier molecular flexibility index (Phi) is 3.96. The van der Waals surface area contributed by atoms with Gasteiger partial charge >= 0.3 is 12.0 Å². The number of hydrogen-bond donors (Lipinski definition) is 1. The third-order valence-corrected chi connectivity index (χ3v) is 3.93. The Bertz CT molecular complexity index is 514. The number of aryl methyl sites for hydroxylation is 1. The van der Waals surface area contributed by atoms with Gasteiger partial charge in [-0.3, -0.25) is 0 Å². The van der Waals surface area contributed by atoms with E-state index in [1.807, 2.05) is 0 Å². The fourth-order valence-electron chi connectivity index (χ4n) is 2.86. The second kappa shape index (κ2) is 5.38. The molecule has 5 nitrogen and oxygen atoms in total. The highest BCUT2D eigenvalue weighted by atomic mass is 19.3. The maximum atomic E-state index is 13.6. The first-order valence-electron chi connectivity index (χ1n) is 6.66. The molecule has 1 fully saturated rings. The molecule has 1 saturated carbocycles. The predicted octanol–water partition coefficient (Wildman–Crippen LogP) is 2.49. The number of ether oxygens (including phenoxy) is 1. The van der Waals surface area contributed by atoms with E-state index in [-0.39, 0.29) is 12.4 Å². The standard InChI is InChI=1S/C13H19F2N3O2/c1-8-10(18(11(16)19)12(17-8)20-2)6-5-9-4-3-7-13(9,14)15/h9H,3-7H2,1-2H3,(H2,16,19). The van der Waals surface area contributed by atoms with Gasteiger partial charge in [0.25, 0.3) is 5.92 Å². The summed E-state index contributed by atoms with van der Waals surface area (Å²) in [5.41, 5.74) is 6.44. The molecule has 0 spiro atoms. The van der Waals surface area contributed by atoms with Crippen molar-refractivity contribution >= 4 is 6.03 Å². The van der Waals surface area contributed by atoms with Crippen molar-refractivity contribution < 1.29 is 18.3 Å². The molecule has 7 heteroatoms. The number of rotatable bonds is 4. The van der Waals surface area contributed by atoms with Crippen LogP contribution < -0.4 is 10.5 Å². The Morgan fingerprint density at radius 2 is 2.30 bits per heavy atom. The summed E-state index contributed by atoms with van der Waals surface area (Å²) in [5.74, 6) is -3.24. The Labute approximate surface area is 116 Å². The molecule has 1 amide bonds. The fourth-order valence-corrected chi connectivity index (χ4v) is 2.86. The largest absolute Gasteiger partial charge is 0.468 e. The average molecular weight is 287 g/mol. The van der Waals surface area contributed by atoms with E-state index in [4.69, 9.17) is 10.5 Å². The van der Waals surface area contributed by atoms with Gasteiger partial charge in [0, 0.05) is 12.3 Å². The third kappa shape index (κ3) is 2.62. The van der Waals surface area contributed by atoms with Crippen LogP contribution in [0.4, 0.5) is 13.6 Å². The van der Waals surface area contributed by atoms with Crippen LogP contribution >= 0.6 is 0 Å². The van der Waals surface area contributed by atoms with Crippen molar-refractivity contribution in [1.82, 2.24) is 9.55 Å². The van der Waals surface area contributed by atoms with Gasteiger partial charge in [0.2, 0.25) is 0 Å². The van der Waals surface area contributed by atoms with E-state index in [1.165, 1.54) is 7.11 Å². The predicted molar refractivity (Wildman–Crippen MR) is 69.1 cm³/mol. The van der Waals surface area contributed by atoms with Gasteiger partial charge in [-0.2, -0.15) is 4.98 Å². The first-order chi connectivity index (χ1) is 9.36. The summed E-state index contributed by atoms with van der Waals surface area (Å²) in [7, 11) is 1.39. The molecule has 0 aromatic carbocycles. The number of nitrogens with zero attached hydrogens (tertiary/aromatic N) is 2. The molecular formula is C13H19F2N3O2. The molecule has 1 unspecified atom stereocenters. The van der Waals surface area contributed by atoms with Crippen LogP contribution in [-0.2, 0) is 6.42 Å². The first-order valence-corrected chi connectivity index (χ1v) is 6.66. The van der Waals surface area contributed by atoms with E-state index in [1.54, 1.807) is 6.92 Å². The summed E-state index contributed by atoms with van der Waals surface area (Å²) < 4.78 is 33.3. The zero-order chi connectivity index (χ0) is 14.9. The third-order valence-electron chi connectivity index (χ3n) is 3.93. The van der Waals surface area contributed by atoms with Crippen molar-refractivity contribution in [2.45, 2.75) is 45.0 Å².